The topological polar surface area (TPSA) is 109 Å². The standard InChI is InChI=1S/C28H28N2O6/c1-16-11-20(17(2)29-22-8-6-5-7-19(22)28(33)34)27-21(12-16)24(32)14-26(36-27)18-9-10-25(35-4)23(13-18)30(3)15-31/h5-11,13-17,29H,12H2,1-4H3,(H,33,34). The summed E-state index contributed by atoms with van der Waals surface area (Å²) < 4.78 is 11.7. The number of ether oxygens (including phenoxy) is 1. The molecule has 1 heterocycles. The number of rotatable bonds is 8. The number of nitrogens with zero attached hydrogens (tertiary/aromatic N) is 1. The van der Waals surface area contributed by atoms with E-state index in [1.807, 2.05) is 13.8 Å². The second-order valence-corrected chi connectivity index (χ2v) is 8.91. The summed E-state index contributed by atoms with van der Waals surface area (Å²) in [4.78, 5) is 37.6. The molecule has 36 heavy (non-hydrogen) atoms. The van der Waals surface area contributed by atoms with Gasteiger partial charge in [0.1, 0.15) is 17.3 Å². The highest BCUT2D eigenvalue weighted by Gasteiger charge is 2.27. The van der Waals surface area contributed by atoms with E-state index >= 15 is 0 Å². The van der Waals surface area contributed by atoms with Gasteiger partial charge < -0.3 is 24.5 Å². The molecule has 1 aliphatic carbocycles. The number of para-hydroxylation sites is 1. The summed E-state index contributed by atoms with van der Waals surface area (Å²) in [5, 5.41) is 12.8. The zero-order valence-electron chi connectivity index (χ0n) is 20.6. The van der Waals surface area contributed by atoms with Crippen molar-refractivity contribution in [3.63, 3.8) is 0 Å². The second-order valence-electron chi connectivity index (χ2n) is 8.91. The maximum absolute atomic E-state index is 13.2. The van der Waals surface area contributed by atoms with Crippen LogP contribution in [0.15, 0.2) is 63.8 Å². The van der Waals surface area contributed by atoms with Crippen LogP contribution in [0.5, 0.6) is 5.75 Å². The van der Waals surface area contributed by atoms with E-state index in [9.17, 15) is 19.5 Å². The summed E-state index contributed by atoms with van der Waals surface area (Å²) >= 11 is 0. The lowest BCUT2D eigenvalue weighted by molar-refractivity contribution is -0.107. The molecule has 2 aromatic carbocycles. The average Bonchev–Trinajstić information content (AvgIpc) is 2.87. The molecular formula is C28H28N2O6. The van der Waals surface area contributed by atoms with Gasteiger partial charge in [-0.25, -0.2) is 4.79 Å². The second kappa shape index (κ2) is 10.1. The highest BCUT2D eigenvalue weighted by atomic mass is 16.5. The molecule has 4 rings (SSSR count). The number of carbonyl (C=O) groups excluding carboxylic acids is 1. The first kappa shape index (κ1) is 24.8. The van der Waals surface area contributed by atoms with Gasteiger partial charge in [-0.15, -0.1) is 0 Å². The van der Waals surface area contributed by atoms with Crippen LogP contribution in [0.3, 0.4) is 0 Å². The molecule has 0 saturated heterocycles. The van der Waals surface area contributed by atoms with Crippen molar-refractivity contribution < 1.29 is 23.8 Å². The zero-order valence-corrected chi connectivity index (χ0v) is 20.6. The van der Waals surface area contributed by atoms with Gasteiger partial charge in [0.15, 0.2) is 5.43 Å². The van der Waals surface area contributed by atoms with Gasteiger partial charge in [0.2, 0.25) is 6.41 Å². The van der Waals surface area contributed by atoms with E-state index in [0.717, 1.165) is 5.57 Å². The first-order valence-corrected chi connectivity index (χ1v) is 11.6. The van der Waals surface area contributed by atoms with Crippen molar-refractivity contribution in [3.05, 3.63) is 81.7 Å². The fraction of sp³-hybridized carbons (Fsp3) is 0.250. The van der Waals surface area contributed by atoms with Crippen LogP contribution in [0, 0.1) is 5.92 Å². The van der Waals surface area contributed by atoms with Gasteiger partial charge in [0, 0.05) is 35.5 Å². The van der Waals surface area contributed by atoms with Crippen molar-refractivity contribution in [2.24, 2.45) is 5.92 Å². The molecule has 1 aromatic heterocycles. The fourth-order valence-corrected chi connectivity index (χ4v) is 4.47. The number of hydrogen-bond acceptors (Lipinski definition) is 6. The molecule has 1 amide bonds. The van der Waals surface area contributed by atoms with Crippen molar-refractivity contribution in [2.45, 2.75) is 26.3 Å². The number of nitrogens with one attached hydrogen (secondary N) is 1. The van der Waals surface area contributed by atoms with Crippen LogP contribution in [-0.4, -0.2) is 37.7 Å². The molecule has 186 valence electrons. The van der Waals surface area contributed by atoms with E-state index in [2.05, 4.69) is 11.4 Å². The summed E-state index contributed by atoms with van der Waals surface area (Å²) in [7, 11) is 3.13. The first-order valence-electron chi connectivity index (χ1n) is 11.6. The van der Waals surface area contributed by atoms with Crippen molar-refractivity contribution in [2.75, 3.05) is 24.4 Å². The molecule has 1 aliphatic rings. The number of amides is 1. The van der Waals surface area contributed by atoms with Crippen LogP contribution in [0.1, 0.15) is 35.5 Å². The quantitative estimate of drug-likeness (QED) is 0.443. The third-order valence-corrected chi connectivity index (χ3v) is 6.30. The van der Waals surface area contributed by atoms with E-state index in [4.69, 9.17) is 9.15 Å². The van der Waals surface area contributed by atoms with Gasteiger partial charge in [-0.3, -0.25) is 9.59 Å². The normalized spacial score (nSPS) is 15.3. The Labute approximate surface area is 208 Å². The summed E-state index contributed by atoms with van der Waals surface area (Å²) in [6, 6.07) is 13.0. The molecule has 0 spiro atoms. The predicted molar refractivity (Wildman–Crippen MR) is 139 cm³/mol. The molecule has 2 N–H and O–H groups in total. The van der Waals surface area contributed by atoms with E-state index in [1.165, 1.54) is 18.1 Å². The molecule has 2 unspecified atom stereocenters. The first-order chi connectivity index (χ1) is 17.2. The van der Waals surface area contributed by atoms with Gasteiger partial charge in [-0.05, 0) is 49.6 Å². The molecule has 0 aliphatic heterocycles. The Hall–Kier alpha value is -4.33. The van der Waals surface area contributed by atoms with Crippen LogP contribution in [-0.2, 0) is 11.2 Å². The maximum atomic E-state index is 13.2. The smallest absolute Gasteiger partial charge is 0.337 e. The van der Waals surface area contributed by atoms with Crippen molar-refractivity contribution >= 4 is 29.3 Å². The van der Waals surface area contributed by atoms with Crippen LogP contribution in [0.2, 0.25) is 0 Å². The minimum atomic E-state index is -1.03. The summed E-state index contributed by atoms with van der Waals surface area (Å²) in [5.74, 6) is 0.429. The van der Waals surface area contributed by atoms with Gasteiger partial charge in [-0.1, -0.05) is 25.1 Å². The number of aromatic carboxylic acids is 1. The molecule has 0 fully saturated rings. The molecule has 0 radical (unpaired) electrons. The number of benzene rings is 2. The Kier molecular flexibility index (Phi) is 6.96. The molecule has 0 saturated carbocycles. The van der Waals surface area contributed by atoms with E-state index in [-0.39, 0.29) is 23.0 Å². The Balaban J connectivity index is 1.78. The number of hydrogen-bond donors (Lipinski definition) is 2. The number of fused-ring (bicyclic) bond motifs is 1. The Bertz CT molecular complexity index is 1410. The number of allylic oxidation sites excluding steroid dienone is 1. The largest absolute Gasteiger partial charge is 0.495 e. The number of methoxy groups -OCH3 is 1. The van der Waals surface area contributed by atoms with E-state index in [0.29, 0.717) is 52.6 Å². The lowest BCUT2D eigenvalue weighted by Crippen LogP contribution is -2.26. The minimum absolute atomic E-state index is 0.106. The van der Waals surface area contributed by atoms with Crippen LogP contribution in [0.25, 0.3) is 16.9 Å². The lowest BCUT2D eigenvalue weighted by atomic mass is 9.86. The highest BCUT2D eigenvalue weighted by Crippen LogP contribution is 2.36. The van der Waals surface area contributed by atoms with E-state index < -0.39 is 5.97 Å². The third-order valence-electron chi connectivity index (χ3n) is 6.30. The van der Waals surface area contributed by atoms with Gasteiger partial charge >= 0.3 is 5.97 Å². The van der Waals surface area contributed by atoms with Crippen molar-refractivity contribution in [1.82, 2.24) is 0 Å². The number of carbonyl (C=O) groups is 2. The van der Waals surface area contributed by atoms with E-state index in [1.54, 1.807) is 49.5 Å². The molecule has 2 atom stereocenters. The van der Waals surface area contributed by atoms with Gasteiger partial charge in [0.05, 0.1) is 24.4 Å². The number of carboxylic acid groups (broad SMARTS) is 1. The summed E-state index contributed by atoms with van der Waals surface area (Å²) in [6.45, 7) is 3.93. The predicted octanol–water partition coefficient (Wildman–Crippen LogP) is 4.68. The lowest BCUT2D eigenvalue weighted by Gasteiger charge is -2.26. The molecule has 3 aromatic rings. The molecule has 0 bridgehead atoms. The highest BCUT2D eigenvalue weighted by molar-refractivity contribution is 5.94. The molecule has 8 heteroatoms. The van der Waals surface area contributed by atoms with Crippen molar-refractivity contribution in [1.29, 1.82) is 0 Å². The van der Waals surface area contributed by atoms with Crippen LogP contribution < -0.4 is 20.4 Å². The van der Waals surface area contributed by atoms with Gasteiger partial charge in [-0.2, -0.15) is 0 Å². The zero-order chi connectivity index (χ0) is 26.0. The van der Waals surface area contributed by atoms with Crippen LogP contribution in [0.4, 0.5) is 11.4 Å². The maximum Gasteiger partial charge on any atom is 0.337 e. The van der Waals surface area contributed by atoms with Gasteiger partial charge in [0.25, 0.3) is 0 Å². The summed E-state index contributed by atoms with van der Waals surface area (Å²) in [6.07, 6.45) is 3.27. The Morgan fingerprint density at radius 1 is 1.25 bits per heavy atom. The van der Waals surface area contributed by atoms with Crippen molar-refractivity contribution in [3.8, 4) is 17.1 Å². The Morgan fingerprint density at radius 3 is 2.69 bits per heavy atom. The SMILES string of the molecule is COc1ccc(-c2cc(=O)c3c(o2)C(C(C)Nc2ccccc2C(=O)O)=CC(C)C3)cc1N(C)C=O. The number of carboxylic acids is 1. The minimum Gasteiger partial charge on any atom is -0.495 e. The average molecular weight is 489 g/mol. The number of anilines is 2. The molecular weight excluding hydrogens is 460 g/mol. The molecule has 8 nitrogen and oxygen atoms in total. The Morgan fingerprint density at radius 2 is 2.00 bits per heavy atom. The van der Waals surface area contributed by atoms with Crippen LogP contribution >= 0.6 is 0 Å². The third kappa shape index (κ3) is 4.75. The monoisotopic (exact) mass is 488 g/mol. The fourth-order valence-electron chi connectivity index (χ4n) is 4.47. The summed E-state index contributed by atoms with van der Waals surface area (Å²) in [5.41, 5.74) is 3.03.